The fourth-order valence-electron chi connectivity index (χ4n) is 3.46. The van der Waals surface area contributed by atoms with Crippen LogP contribution >= 0.6 is 0 Å². The molecule has 0 aromatic rings. The van der Waals surface area contributed by atoms with Crippen molar-refractivity contribution in [3.63, 3.8) is 0 Å². The average molecular weight is 326 g/mol. The third-order valence-electron chi connectivity index (χ3n) is 4.71. The summed E-state index contributed by atoms with van der Waals surface area (Å²) in [6.45, 7) is 8.65. The minimum atomic E-state index is -0.855. The molecule has 1 saturated carbocycles. The molecule has 1 aliphatic carbocycles. The first-order valence-corrected chi connectivity index (χ1v) is 9.24. The van der Waals surface area contributed by atoms with Crippen molar-refractivity contribution in [3.05, 3.63) is 0 Å². The van der Waals surface area contributed by atoms with E-state index in [-0.39, 0.29) is 12.1 Å². The van der Waals surface area contributed by atoms with Crippen LogP contribution in [0.15, 0.2) is 0 Å². The third-order valence-corrected chi connectivity index (χ3v) is 4.71. The molecule has 0 aromatic carbocycles. The summed E-state index contributed by atoms with van der Waals surface area (Å²) in [6.07, 6.45) is 6.91. The van der Waals surface area contributed by atoms with Gasteiger partial charge in [0.25, 0.3) is 0 Å². The van der Waals surface area contributed by atoms with Crippen molar-refractivity contribution >= 4 is 11.9 Å². The van der Waals surface area contributed by atoms with Gasteiger partial charge in [-0.2, -0.15) is 0 Å². The maximum absolute atomic E-state index is 12.5. The summed E-state index contributed by atoms with van der Waals surface area (Å²) in [5.41, 5.74) is 0. The van der Waals surface area contributed by atoms with Gasteiger partial charge in [-0.3, -0.25) is 9.59 Å². The molecule has 1 aliphatic rings. The molecule has 0 radical (unpaired) electrons. The number of ether oxygens (including phenoxy) is 1. The van der Waals surface area contributed by atoms with E-state index in [4.69, 9.17) is 4.74 Å². The number of rotatable bonds is 9. The van der Waals surface area contributed by atoms with Gasteiger partial charge in [0.1, 0.15) is 6.10 Å². The molecule has 134 valence electrons. The van der Waals surface area contributed by atoms with Crippen molar-refractivity contribution in [2.75, 3.05) is 0 Å². The topological polar surface area (TPSA) is 63.6 Å². The number of carbonyl (C=O) groups is 2. The number of carboxylic acid groups (broad SMARTS) is 1. The summed E-state index contributed by atoms with van der Waals surface area (Å²) in [7, 11) is 0. The van der Waals surface area contributed by atoms with Gasteiger partial charge in [0.15, 0.2) is 0 Å². The van der Waals surface area contributed by atoms with E-state index in [1.807, 2.05) is 0 Å². The van der Waals surface area contributed by atoms with Crippen LogP contribution in [0.3, 0.4) is 0 Å². The zero-order valence-electron chi connectivity index (χ0n) is 15.2. The second-order valence-corrected chi connectivity index (χ2v) is 7.85. The highest BCUT2D eigenvalue weighted by atomic mass is 16.5. The summed E-state index contributed by atoms with van der Waals surface area (Å²) in [6, 6.07) is 0. The Hall–Kier alpha value is -1.06. The number of hydrogen-bond donors (Lipinski definition) is 1. The first-order chi connectivity index (χ1) is 10.8. The predicted molar refractivity (Wildman–Crippen MR) is 91.1 cm³/mol. The minimum Gasteiger partial charge on any atom is -0.481 e. The molecule has 3 atom stereocenters. The molecule has 1 N–H and O–H groups in total. The van der Waals surface area contributed by atoms with E-state index < -0.39 is 17.8 Å². The zero-order chi connectivity index (χ0) is 17.4. The zero-order valence-corrected chi connectivity index (χ0v) is 15.2. The largest absolute Gasteiger partial charge is 0.481 e. The maximum Gasteiger partial charge on any atom is 0.310 e. The fraction of sp³-hybridized carbons (Fsp3) is 0.895. The number of esters is 1. The molecule has 0 heterocycles. The van der Waals surface area contributed by atoms with Crippen LogP contribution in [0.4, 0.5) is 0 Å². The number of aliphatic carboxylic acids is 1. The van der Waals surface area contributed by atoms with Crippen LogP contribution in [0, 0.1) is 23.7 Å². The smallest absolute Gasteiger partial charge is 0.310 e. The molecule has 0 spiro atoms. The average Bonchev–Trinajstić information content (AvgIpc) is 2.45. The lowest BCUT2D eigenvalue weighted by atomic mass is 9.79. The fourth-order valence-corrected chi connectivity index (χ4v) is 3.46. The molecule has 0 aliphatic heterocycles. The summed E-state index contributed by atoms with van der Waals surface area (Å²) < 4.78 is 5.76. The Balaban J connectivity index is 2.61. The Morgan fingerprint density at radius 2 is 1.61 bits per heavy atom. The second-order valence-electron chi connectivity index (χ2n) is 7.85. The van der Waals surface area contributed by atoms with Crippen molar-refractivity contribution in [1.82, 2.24) is 0 Å². The molecule has 0 saturated heterocycles. The van der Waals surface area contributed by atoms with Gasteiger partial charge in [0.05, 0.1) is 11.8 Å². The molecule has 3 unspecified atom stereocenters. The van der Waals surface area contributed by atoms with E-state index in [0.717, 1.165) is 38.5 Å². The van der Waals surface area contributed by atoms with E-state index in [9.17, 15) is 14.7 Å². The molecule has 0 amide bonds. The molecule has 1 fully saturated rings. The molecule has 4 nitrogen and oxygen atoms in total. The Morgan fingerprint density at radius 3 is 2.13 bits per heavy atom. The standard InChI is InChI=1S/C19H34O4/c1-13(2)8-7-9-15(12-14(3)4)23-19(22)17-11-6-5-10-16(17)18(20)21/h13-17H,5-12H2,1-4H3,(H,20,21). The third kappa shape index (κ3) is 7.36. The van der Waals surface area contributed by atoms with E-state index >= 15 is 0 Å². The van der Waals surface area contributed by atoms with Gasteiger partial charge in [-0.1, -0.05) is 47.0 Å². The van der Waals surface area contributed by atoms with Crippen LogP contribution in [0.5, 0.6) is 0 Å². The molecular formula is C19H34O4. The van der Waals surface area contributed by atoms with E-state index in [0.29, 0.717) is 24.7 Å². The van der Waals surface area contributed by atoms with Crippen LogP contribution in [-0.2, 0) is 14.3 Å². The van der Waals surface area contributed by atoms with Gasteiger partial charge < -0.3 is 9.84 Å². The normalized spacial score (nSPS) is 23.0. The lowest BCUT2D eigenvalue weighted by Gasteiger charge is -2.29. The lowest BCUT2D eigenvalue weighted by molar-refractivity contribution is -0.164. The molecule has 4 heteroatoms. The first-order valence-electron chi connectivity index (χ1n) is 9.24. The number of carboxylic acids is 1. The van der Waals surface area contributed by atoms with Crippen LogP contribution < -0.4 is 0 Å². The highest BCUT2D eigenvalue weighted by molar-refractivity contribution is 5.81. The molecule has 0 bridgehead atoms. The summed E-state index contributed by atoms with van der Waals surface area (Å²) in [4.78, 5) is 23.9. The Kier molecular flexibility index (Phi) is 8.64. The lowest BCUT2D eigenvalue weighted by Crippen LogP contribution is -2.35. The maximum atomic E-state index is 12.5. The van der Waals surface area contributed by atoms with Crippen LogP contribution in [0.25, 0.3) is 0 Å². The molecule has 23 heavy (non-hydrogen) atoms. The Labute approximate surface area is 141 Å². The molecular weight excluding hydrogens is 292 g/mol. The minimum absolute atomic E-state index is 0.0716. The Morgan fingerprint density at radius 1 is 1.00 bits per heavy atom. The first kappa shape index (κ1) is 20.0. The summed E-state index contributed by atoms with van der Waals surface area (Å²) >= 11 is 0. The van der Waals surface area contributed by atoms with Gasteiger partial charge in [-0.25, -0.2) is 0 Å². The SMILES string of the molecule is CC(C)CCCC(CC(C)C)OC(=O)C1CCCCC1C(=O)O. The van der Waals surface area contributed by atoms with E-state index in [1.165, 1.54) is 0 Å². The quantitative estimate of drug-likeness (QED) is 0.626. The van der Waals surface area contributed by atoms with E-state index in [2.05, 4.69) is 27.7 Å². The van der Waals surface area contributed by atoms with Crippen molar-refractivity contribution < 1.29 is 19.4 Å². The van der Waals surface area contributed by atoms with Gasteiger partial charge in [-0.15, -0.1) is 0 Å². The monoisotopic (exact) mass is 326 g/mol. The van der Waals surface area contributed by atoms with Gasteiger partial charge in [0, 0.05) is 0 Å². The van der Waals surface area contributed by atoms with Crippen LogP contribution in [0.1, 0.15) is 79.1 Å². The summed E-state index contributed by atoms with van der Waals surface area (Å²) in [5.74, 6) is -1.04. The van der Waals surface area contributed by atoms with Gasteiger partial charge in [0.2, 0.25) is 0 Å². The van der Waals surface area contributed by atoms with Gasteiger partial charge >= 0.3 is 11.9 Å². The van der Waals surface area contributed by atoms with Crippen molar-refractivity contribution in [3.8, 4) is 0 Å². The van der Waals surface area contributed by atoms with Gasteiger partial charge in [-0.05, 0) is 43.9 Å². The molecule has 1 rings (SSSR count). The van der Waals surface area contributed by atoms with Crippen molar-refractivity contribution in [2.24, 2.45) is 23.7 Å². The van der Waals surface area contributed by atoms with Crippen LogP contribution in [-0.4, -0.2) is 23.1 Å². The van der Waals surface area contributed by atoms with Crippen molar-refractivity contribution in [1.29, 1.82) is 0 Å². The predicted octanol–water partition coefficient (Wildman–Crippen LogP) is 4.66. The number of carbonyl (C=O) groups excluding carboxylic acids is 1. The molecule has 0 aromatic heterocycles. The highest BCUT2D eigenvalue weighted by Crippen LogP contribution is 2.32. The highest BCUT2D eigenvalue weighted by Gasteiger charge is 2.37. The van der Waals surface area contributed by atoms with Crippen molar-refractivity contribution in [2.45, 2.75) is 85.2 Å². The van der Waals surface area contributed by atoms with E-state index in [1.54, 1.807) is 0 Å². The second kappa shape index (κ2) is 9.94. The van der Waals surface area contributed by atoms with Crippen LogP contribution in [0.2, 0.25) is 0 Å². The Bertz CT molecular complexity index is 376. The summed E-state index contributed by atoms with van der Waals surface area (Å²) in [5, 5.41) is 9.33. The number of hydrogen-bond acceptors (Lipinski definition) is 3.